The highest BCUT2D eigenvalue weighted by Gasteiger charge is 2.12. The van der Waals surface area contributed by atoms with Crippen LogP contribution in [0.2, 0.25) is 0 Å². The number of carbonyl (C=O) groups excluding carboxylic acids is 1. The van der Waals surface area contributed by atoms with Crippen molar-refractivity contribution in [3.8, 4) is 11.8 Å². The van der Waals surface area contributed by atoms with Crippen molar-refractivity contribution in [3.63, 3.8) is 0 Å². The Labute approximate surface area is 153 Å². The van der Waals surface area contributed by atoms with E-state index in [0.29, 0.717) is 23.9 Å². The molecule has 1 aromatic carbocycles. The van der Waals surface area contributed by atoms with Crippen LogP contribution in [0.5, 0.6) is 5.75 Å². The van der Waals surface area contributed by atoms with Gasteiger partial charge in [-0.1, -0.05) is 0 Å². The van der Waals surface area contributed by atoms with Gasteiger partial charge in [0.15, 0.2) is 5.88 Å². The van der Waals surface area contributed by atoms with Crippen LogP contribution in [0.3, 0.4) is 0 Å². The zero-order valence-electron chi connectivity index (χ0n) is 15.3. The van der Waals surface area contributed by atoms with Crippen molar-refractivity contribution in [2.75, 3.05) is 29.9 Å². The van der Waals surface area contributed by atoms with Crippen LogP contribution in [-0.4, -0.2) is 25.6 Å². The number of nitriles is 1. The second-order valence-corrected chi connectivity index (χ2v) is 5.43. The van der Waals surface area contributed by atoms with Crippen LogP contribution in [0, 0.1) is 11.3 Å². The van der Waals surface area contributed by atoms with Crippen LogP contribution in [-0.2, 0) is 4.79 Å². The molecule has 1 heterocycles. The summed E-state index contributed by atoms with van der Waals surface area (Å²) in [5.41, 5.74) is 0.558. The van der Waals surface area contributed by atoms with Crippen molar-refractivity contribution in [2.45, 2.75) is 20.8 Å². The summed E-state index contributed by atoms with van der Waals surface area (Å²) in [4.78, 5) is 14.4. The number of hydrogen-bond donors (Lipinski definition) is 1. The van der Waals surface area contributed by atoms with E-state index < -0.39 is 5.91 Å². The van der Waals surface area contributed by atoms with E-state index in [0.717, 1.165) is 18.8 Å². The van der Waals surface area contributed by atoms with E-state index >= 15 is 0 Å². The van der Waals surface area contributed by atoms with Crippen molar-refractivity contribution in [1.82, 2.24) is 0 Å². The van der Waals surface area contributed by atoms with Gasteiger partial charge in [-0.2, -0.15) is 5.26 Å². The normalized spacial score (nSPS) is 10.9. The highest BCUT2D eigenvalue weighted by Crippen LogP contribution is 2.21. The van der Waals surface area contributed by atoms with Crippen molar-refractivity contribution in [3.05, 3.63) is 47.7 Å². The predicted molar refractivity (Wildman–Crippen MR) is 102 cm³/mol. The van der Waals surface area contributed by atoms with Gasteiger partial charge in [0.05, 0.1) is 6.61 Å². The zero-order chi connectivity index (χ0) is 18.9. The third kappa shape index (κ3) is 4.90. The first-order valence-corrected chi connectivity index (χ1v) is 8.62. The monoisotopic (exact) mass is 353 g/mol. The zero-order valence-corrected chi connectivity index (χ0v) is 15.3. The molecule has 26 heavy (non-hydrogen) atoms. The van der Waals surface area contributed by atoms with E-state index in [4.69, 9.17) is 9.15 Å². The van der Waals surface area contributed by atoms with Crippen LogP contribution in [0.4, 0.5) is 11.6 Å². The minimum atomic E-state index is -0.488. The SMILES string of the molecule is CCOc1ccc(NC(=O)/C(C#N)=C\c2ccc(N(CC)CC)o2)cc1. The van der Waals surface area contributed by atoms with Crippen LogP contribution in [0.1, 0.15) is 26.5 Å². The van der Waals surface area contributed by atoms with E-state index in [1.165, 1.54) is 6.08 Å². The van der Waals surface area contributed by atoms with Gasteiger partial charge >= 0.3 is 0 Å². The van der Waals surface area contributed by atoms with E-state index in [-0.39, 0.29) is 5.57 Å². The minimum Gasteiger partial charge on any atom is -0.494 e. The summed E-state index contributed by atoms with van der Waals surface area (Å²) in [6, 6.07) is 12.5. The molecule has 6 nitrogen and oxygen atoms in total. The molecule has 1 N–H and O–H groups in total. The number of furan rings is 1. The molecule has 0 bridgehead atoms. The highest BCUT2D eigenvalue weighted by atomic mass is 16.5. The number of benzene rings is 1. The lowest BCUT2D eigenvalue weighted by Gasteiger charge is -2.16. The number of amides is 1. The largest absolute Gasteiger partial charge is 0.494 e. The summed E-state index contributed by atoms with van der Waals surface area (Å²) in [6.07, 6.45) is 1.44. The number of nitrogens with zero attached hydrogens (tertiary/aromatic N) is 2. The fourth-order valence-electron chi connectivity index (χ4n) is 2.42. The van der Waals surface area contributed by atoms with Gasteiger partial charge in [-0.25, -0.2) is 0 Å². The molecule has 0 aliphatic heterocycles. The number of nitrogens with one attached hydrogen (secondary N) is 1. The van der Waals surface area contributed by atoms with Crippen molar-refractivity contribution in [2.24, 2.45) is 0 Å². The molecule has 1 aromatic heterocycles. The quantitative estimate of drug-likeness (QED) is 0.572. The van der Waals surface area contributed by atoms with Gasteiger partial charge in [-0.3, -0.25) is 4.79 Å². The number of anilines is 2. The second kappa shape index (κ2) is 9.33. The minimum absolute atomic E-state index is 0.0284. The van der Waals surface area contributed by atoms with Crippen molar-refractivity contribution >= 4 is 23.6 Å². The van der Waals surface area contributed by atoms with E-state index in [1.807, 2.05) is 37.8 Å². The Bertz CT molecular complexity index is 796. The molecule has 0 aliphatic rings. The lowest BCUT2D eigenvalue weighted by molar-refractivity contribution is -0.112. The lowest BCUT2D eigenvalue weighted by Crippen LogP contribution is -2.20. The number of carbonyl (C=O) groups is 1. The van der Waals surface area contributed by atoms with Gasteiger partial charge in [0.1, 0.15) is 23.2 Å². The molecule has 2 rings (SSSR count). The highest BCUT2D eigenvalue weighted by molar-refractivity contribution is 6.09. The molecule has 0 radical (unpaired) electrons. The van der Waals surface area contributed by atoms with E-state index in [1.54, 1.807) is 30.3 Å². The fourth-order valence-corrected chi connectivity index (χ4v) is 2.42. The molecule has 6 heteroatoms. The molecule has 2 aromatic rings. The van der Waals surface area contributed by atoms with Gasteiger partial charge in [0.25, 0.3) is 5.91 Å². The molecule has 0 unspecified atom stereocenters. The van der Waals surface area contributed by atoms with Crippen LogP contribution >= 0.6 is 0 Å². The Morgan fingerprint density at radius 2 is 1.88 bits per heavy atom. The summed E-state index contributed by atoms with van der Waals surface area (Å²) in [5.74, 6) is 1.41. The molecule has 0 aliphatic carbocycles. The molecule has 0 saturated carbocycles. The molecule has 0 spiro atoms. The van der Waals surface area contributed by atoms with Gasteiger partial charge in [0.2, 0.25) is 0 Å². The smallest absolute Gasteiger partial charge is 0.266 e. The van der Waals surface area contributed by atoms with Crippen molar-refractivity contribution < 1.29 is 13.9 Å². The van der Waals surface area contributed by atoms with Crippen molar-refractivity contribution in [1.29, 1.82) is 5.26 Å². The summed E-state index contributed by atoms with van der Waals surface area (Å²) in [6.45, 7) is 8.18. The second-order valence-electron chi connectivity index (χ2n) is 5.43. The number of rotatable bonds is 8. The fraction of sp³-hybridized carbons (Fsp3) is 0.300. The Morgan fingerprint density at radius 1 is 1.19 bits per heavy atom. The molecule has 0 atom stereocenters. The molecular weight excluding hydrogens is 330 g/mol. The van der Waals surface area contributed by atoms with Gasteiger partial charge in [-0.15, -0.1) is 0 Å². The maximum absolute atomic E-state index is 12.3. The first kappa shape index (κ1) is 19.1. The maximum atomic E-state index is 12.3. The number of hydrogen-bond acceptors (Lipinski definition) is 5. The predicted octanol–water partition coefficient (Wildman–Crippen LogP) is 4.07. The van der Waals surface area contributed by atoms with E-state index in [2.05, 4.69) is 5.32 Å². The third-order valence-electron chi connectivity index (χ3n) is 3.76. The summed E-state index contributed by atoms with van der Waals surface area (Å²) in [5, 5.41) is 12.0. The Balaban J connectivity index is 2.10. The number of ether oxygens (including phenoxy) is 1. The molecule has 136 valence electrons. The average molecular weight is 353 g/mol. The summed E-state index contributed by atoms with van der Waals surface area (Å²) >= 11 is 0. The van der Waals surface area contributed by atoms with Crippen LogP contribution in [0.15, 0.2) is 46.4 Å². The van der Waals surface area contributed by atoms with Gasteiger partial charge < -0.3 is 19.4 Å². The average Bonchev–Trinajstić information content (AvgIpc) is 3.11. The van der Waals surface area contributed by atoms with E-state index in [9.17, 15) is 10.1 Å². The first-order chi connectivity index (χ1) is 12.6. The molecule has 0 fully saturated rings. The van der Waals surface area contributed by atoms with Gasteiger partial charge in [0, 0.05) is 30.9 Å². The third-order valence-corrected chi connectivity index (χ3v) is 3.76. The molecule has 0 saturated heterocycles. The van der Waals surface area contributed by atoms with Crippen LogP contribution < -0.4 is 15.0 Å². The van der Waals surface area contributed by atoms with Crippen LogP contribution in [0.25, 0.3) is 6.08 Å². The standard InChI is InChI=1S/C20H23N3O3/c1-4-23(5-2)19-12-11-18(26-19)13-15(14-21)20(24)22-16-7-9-17(10-8-16)25-6-3/h7-13H,4-6H2,1-3H3,(H,22,24)/b15-13-. The van der Waals surface area contributed by atoms with Gasteiger partial charge in [-0.05, 0) is 51.1 Å². The maximum Gasteiger partial charge on any atom is 0.266 e. The molecule has 1 amide bonds. The lowest BCUT2D eigenvalue weighted by atomic mass is 10.2. The Hall–Kier alpha value is -3.20. The first-order valence-electron chi connectivity index (χ1n) is 8.62. The Kier molecular flexibility index (Phi) is 6.86. The summed E-state index contributed by atoms with van der Waals surface area (Å²) < 4.78 is 11.1. The Morgan fingerprint density at radius 3 is 2.46 bits per heavy atom. The topological polar surface area (TPSA) is 78.5 Å². The molecular formula is C20H23N3O3. The summed E-state index contributed by atoms with van der Waals surface area (Å²) in [7, 11) is 0.